The maximum absolute atomic E-state index is 9.57. The molecule has 0 unspecified atom stereocenters. The standard InChI is InChI=1S/C44H28O/c1-3-15-29(16-4-1)31-19-7-8-20-33(31)41-34-21-9-11-23-36(34)42(37-24-12-10-22-35(37)41)38-26-14-28-40-43(38)39-27-13-25-32(44(39)45-40)30-17-5-2-6-18-30/h1-28H/i1D,2D,3D,4D,5D,6D,7D,8D,9D,10D,11D,12D,13D,14D,15D,16D,17D,18D,19D,20D,21D,22D,23D,24D,25D,26D,27D,28D. The van der Waals surface area contributed by atoms with E-state index in [9.17, 15) is 11.0 Å². The Morgan fingerprint density at radius 3 is 1.38 bits per heavy atom. The van der Waals surface area contributed by atoms with Gasteiger partial charge in [0.25, 0.3) is 0 Å². The van der Waals surface area contributed by atoms with Crippen LogP contribution in [0.1, 0.15) is 38.4 Å². The molecule has 0 fully saturated rings. The second kappa shape index (κ2) is 10.4. The van der Waals surface area contributed by atoms with Gasteiger partial charge in [0.2, 0.25) is 0 Å². The Kier molecular flexibility index (Phi) is 2.32. The van der Waals surface area contributed by atoms with E-state index in [1.807, 2.05) is 0 Å². The Labute approximate surface area is 301 Å². The van der Waals surface area contributed by atoms with Gasteiger partial charge in [0.15, 0.2) is 0 Å². The summed E-state index contributed by atoms with van der Waals surface area (Å²) in [6, 6.07) is -27.6. The molecule has 0 N–H and O–H groups in total. The van der Waals surface area contributed by atoms with Gasteiger partial charge in [-0.15, -0.1) is 0 Å². The van der Waals surface area contributed by atoms with Crippen LogP contribution in [0.25, 0.3) is 88.0 Å². The van der Waals surface area contributed by atoms with Crippen molar-refractivity contribution in [1.29, 1.82) is 0 Å². The molecule has 210 valence electrons. The summed E-state index contributed by atoms with van der Waals surface area (Å²) in [5.74, 6) is 0. The van der Waals surface area contributed by atoms with Crippen LogP contribution in [0.5, 0.6) is 0 Å². The van der Waals surface area contributed by atoms with Gasteiger partial charge in [-0.1, -0.05) is 163 Å². The fourth-order valence-corrected chi connectivity index (χ4v) is 5.41. The van der Waals surface area contributed by atoms with E-state index in [-0.39, 0.29) is 0 Å². The molecule has 1 heteroatoms. The van der Waals surface area contributed by atoms with Gasteiger partial charge in [0.05, 0.1) is 38.4 Å². The quantitative estimate of drug-likeness (QED) is 0.183. The average Bonchev–Trinajstić information content (AvgIpc) is 3.76. The predicted molar refractivity (Wildman–Crippen MR) is 190 cm³/mol. The molecule has 0 saturated heterocycles. The third kappa shape index (κ3) is 4.02. The highest BCUT2D eigenvalue weighted by Gasteiger charge is 2.22. The number of furan rings is 1. The van der Waals surface area contributed by atoms with Crippen LogP contribution in [0.3, 0.4) is 0 Å². The molecule has 0 aliphatic heterocycles. The van der Waals surface area contributed by atoms with Crippen molar-refractivity contribution in [3.63, 3.8) is 0 Å². The van der Waals surface area contributed by atoms with Crippen molar-refractivity contribution in [2.24, 2.45) is 0 Å². The molecule has 0 radical (unpaired) electrons. The van der Waals surface area contributed by atoms with Gasteiger partial charge >= 0.3 is 0 Å². The molecule has 45 heavy (non-hydrogen) atoms. The van der Waals surface area contributed by atoms with E-state index in [0.717, 1.165) is 0 Å². The van der Waals surface area contributed by atoms with E-state index >= 15 is 0 Å². The SMILES string of the molecule is [2H]c1c([2H])c([2H])c(-c2c([2H])c([2H])c([2H])c([2H])c2-c2c3c([2H])c([2H])c([2H])c([2H])c3c(-c3c([2H])c([2H])c([2H])c4oc5c(-c6c([2H])c([2H])c([2H])c([2H])c6[2H])c([2H])c([2H])c([2H])c5c34)c3c([2H])c([2H])c([2H])c([2H])c23)c([2H])c1[2H]. The van der Waals surface area contributed by atoms with E-state index in [0.29, 0.717) is 0 Å². The largest absolute Gasteiger partial charge is 0.455 e. The minimum absolute atomic E-state index is 0.621. The maximum Gasteiger partial charge on any atom is 0.143 e. The number of fused-ring (bicyclic) bond motifs is 5. The second-order valence-corrected chi connectivity index (χ2v) is 9.51. The van der Waals surface area contributed by atoms with Gasteiger partial charge in [0, 0.05) is 16.3 Å². The van der Waals surface area contributed by atoms with Gasteiger partial charge in [0.1, 0.15) is 11.2 Å². The lowest BCUT2D eigenvalue weighted by Crippen LogP contribution is -1.93. The van der Waals surface area contributed by atoms with E-state index in [2.05, 4.69) is 0 Å². The van der Waals surface area contributed by atoms with Crippen LogP contribution < -0.4 is 0 Å². The van der Waals surface area contributed by atoms with Crippen molar-refractivity contribution in [3.05, 3.63) is 169 Å². The van der Waals surface area contributed by atoms with Crippen molar-refractivity contribution in [3.8, 4) is 44.5 Å². The smallest absolute Gasteiger partial charge is 0.143 e. The topological polar surface area (TPSA) is 13.1 Å². The summed E-state index contributed by atoms with van der Waals surface area (Å²) in [7, 11) is 0. The molecule has 8 aromatic carbocycles. The Hall–Kier alpha value is -5.92. The molecule has 0 amide bonds. The number of benzene rings is 8. The highest BCUT2D eigenvalue weighted by atomic mass is 16.3. The van der Waals surface area contributed by atoms with E-state index < -0.39 is 257 Å². The summed E-state index contributed by atoms with van der Waals surface area (Å²) in [4.78, 5) is 0. The molecule has 0 bridgehead atoms. The molecule has 0 atom stereocenters. The van der Waals surface area contributed by atoms with Crippen LogP contribution in [-0.2, 0) is 0 Å². The molecule has 0 spiro atoms. The number of rotatable bonds is 4. The van der Waals surface area contributed by atoms with Crippen LogP contribution in [0.2, 0.25) is 0 Å². The van der Waals surface area contributed by atoms with Crippen LogP contribution in [0.15, 0.2) is 174 Å². The number of hydrogen-bond donors (Lipinski definition) is 0. The molecular formula is C44H28O. The van der Waals surface area contributed by atoms with Crippen LogP contribution in [0.4, 0.5) is 0 Å². The van der Waals surface area contributed by atoms with Crippen LogP contribution >= 0.6 is 0 Å². The lowest BCUT2D eigenvalue weighted by Gasteiger charge is -2.20. The number of para-hydroxylation sites is 1. The zero-order valence-electron chi connectivity index (χ0n) is 50.4. The Morgan fingerprint density at radius 1 is 0.333 bits per heavy atom. The summed E-state index contributed by atoms with van der Waals surface area (Å²) in [5, 5.41) is -4.44. The summed E-state index contributed by atoms with van der Waals surface area (Å²) in [6.07, 6.45) is 0. The van der Waals surface area contributed by atoms with Crippen molar-refractivity contribution in [1.82, 2.24) is 0 Å². The molecule has 0 aliphatic carbocycles. The third-order valence-corrected chi connectivity index (χ3v) is 7.19. The average molecular weight is 601 g/mol. The molecule has 1 aromatic heterocycles. The Bertz CT molecular complexity index is 3980. The van der Waals surface area contributed by atoms with E-state index in [1.165, 1.54) is 0 Å². The van der Waals surface area contributed by atoms with Gasteiger partial charge in [-0.25, -0.2) is 0 Å². The molecule has 1 nitrogen and oxygen atoms in total. The van der Waals surface area contributed by atoms with E-state index in [1.54, 1.807) is 0 Å². The van der Waals surface area contributed by atoms with Crippen LogP contribution in [-0.4, -0.2) is 0 Å². The first-order chi connectivity index (χ1) is 34.0. The zero-order chi connectivity index (χ0) is 54.1. The van der Waals surface area contributed by atoms with Crippen molar-refractivity contribution in [2.45, 2.75) is 0 Å². The summed E-state index contributed by atoms with van der Waals surface area (Å²) in [5.41, 5.74) is -7.72. The van der Waals surface area contributed by atoms with Gasteiger partial charge in [-0.05, 0) is 66.5 Å². The normalized spacial score (nSPS) is 20.3. The maximum atomic E-state index is 9.57. The molecule has 0 aliphatic rings. The monoisotopic (exact) mass is 600 g/mol. The Morgan fingerprint density at radius 2 is 0.756 bits per heavy atom. The van der Waals surface area contributed by atoms with Gasteiger partial charge in [-0.3, -0.25) is 0 Å². The first-order valence-electron chi connectivity index (χ1n) is 27.2. The highest BCUT2D eigenvalue weighted by molar-refractivity contribution is 6.26. The van der Waals surface area contributed by atoms with Gasteiger partial charge < -0.3 is 4.42 Å². The molecular weight excluding hydrogens is 544 g/mol. The minimum atomic E-state index is -1.08. The molecule has 9 aromatic rings. The minimum Gasteiger partial charge on any atom is -0.455 e. The third-order valence-electron chi connectivity index (χ3n) is 7.19. The lowest BCUT2D eigenvalue weighted by atomic mass is 9.83. The number of hydrogen-bond acceptors (Lipinski definition) is 1. The summed E-state index contributed by atoms with van der Waals surface area (Å²) in [6.45, 7) is 0. The first kappa shape index (κ1) is 10.1. The molecule has 9 rings (SSSR count). The van der Waals surface area contributed by atoms with Gasteiger partial charge in [-0.2, -0.15) is 0 Å². The molecule has 0 saturated carbocycles. The first-order valence-corrected chi connectivity index (χ1v) is 13.2. The van der Waals surface area contributed by atoms with Crippen molar-refractivity contribution in [2.75, 3.05) is 0 Å². The summed E-state index contributed by atoms with van der Waals surface area (Å²) < 4.78 is 257. The van der Waals surface area contributed by atoms with Crippen molar-refractivity contribution < 1.29 is 42.8 Å². The molecule has 1 heterocycles. The van der Waals surface area contributed by atoms with E-state index in [4.69, 9.17) is 31.8 Å². The fraction of sp³-hybridized carbons (Fsp3) is 0. The zero-order valence-corrected chi connectivity index (χ0v) is 22.4. The predicted octanol–water partition coefficient (Wildman–Crippen LogP) is 12.6. The highest BCUT2D eigenvalue weighted by Crippen LogP contribution is 2.48. The lowest BCUT2D eigenvalue weighted by molar-refractivity contribution is 0.670. The summed E-state index contributed by atoms with van der Waals surface area (Å²) >= 11 is 0. The Balaban J connectivity index is 1.67. The fourth-order valence-electron chi connectivity index (χ4n) is 5.41. The second-order valence-electron chi connectivity index (χ2n) is 9.51. The van der Waals surface area contributed by atoms with Crippen molar-refractivity contribution >= 4 is 43.5 Å². The van der Waals surface area contributed by atoms with Crippen LogP contribution in [0, 0.1) is 0 Å².